The van der Waals surface area contributed by atoms with Gasteiger partial charge in [-0.25, -0.2) is 13.6 Å². The maximum absolute atomic E-state index is 13.8. The lowest BCUT2D eigenvalue weighted by atomic mass is 9.82. The van der Waals surface area contributed by atoms with Gasteiger partial charge in [0.25, 0.3) is 0 Å². The summed E-state index contributed by atoms with van der Waals surface area (Å²) in [6.45, 7) is 3.39. The second kappa shape index (κ2) is 9.30. The van der Waals surface area contributed by atoms with Gasteiger partial charge in [-0.3, -0.25) is 0 Å². The molecular weight excluding hydrogens is 406 g/mol. The molecule has 1 unspecified atom stereocenters. The normalized spacial score (nSPS) is 15.9. The first-order valence-electron chi connectivity index (χ1n) is 9.47. The molecular formula is C23H20F2N2O4. The average Bonchev–Trinajstić information content (AvgIpc) is 2.73. The Balaban J connectivity index is 1.94. The lowest BCUT2D eigenvalue weighted by Crippen LogP contribution is -2.25. The molecule has 31 heavy (non-hydrogen) atoms. The molecule has 1 atom stereocenters. The quantitative estimate of drug-likeness (QED) is 0.696. The Labute approximate surface area is 178 Å². The van der Waals surface area contributed by atoms with Crippen molar-refractivity contribution in [1.29, 1.82) is 5.26 Å². The van der Waals surface area contributed by atoms with Crippen molar-refractivity contribution in [3.8, 4) is 11.8 Å². The van der Waals surface area contributed by atoms with E-state index in [9.17, 15) is 18.8 Å². The van der Waals surface area contributed by atoms with Crippen molar-refractivity contribution in [3.63, 3.8) is 0 Å². The topological polar surface area (TPSA) is 94.6 Å². The van der Waals surface area contributed by atoms with E-state index in [1.165, 1.54) is 6.07 Å². The largest absolute Gasteiger partial charge is 0.486 e. The molecule has 2 aromatic rings. The lowest BCUT2D eigenvalue weighted by Gasteiger charge is -2.27. The van der Waals surface area contributed by atoms with E-state index >= 15 is 0 Å². The number of rotatable bonds is 6. The van der Waals surface area contributed by atoms with E-state index in [0.717, 1.165) is 12.1 Å². The van der Waals surface area contributed by atoms with E-state index in [4.69, 9.17) is 19.9 Å². The van der Waals surface area contributed by atoms with Crippen LogP contribution in [0.2, 0.25) is 0 Å². The van der Waals surface area contributed by atoms with Crippen LogP contribution in [0, 0.1) is 23.0 Å². The number of hydrogen-bond donors (Lipinski definition) is 1. The van der Waals surface area contributed by atoms with Crippen molar-refractivity contribution in [2.24, 2.45) is 5.73 Å². The molecule has 0 amide bonds. The summed E-state index contributed by atoms with van der Waals surface area (Å²) >= 11 is 0. The number of halogens is 2. The Morgan fingerprint density at radius 2 is 2.03 bits per heavy atom. The van der Waals surface area contributed by atoms with Crippen LogP contribution in [0.15, 0.2) is 65.3 Å². The van der Waals surface area contributed by atoms with Gasteiger partial charge in [0.05, 0.1) is 18.1 Å². The third-order valence-corrected chi connectivity index (χ3v) is 4.67. The Bertz CT molecular complexity index is 1120. The predicted molar refractivity (Wildman–Crippen MR) is 107 cm³/mol. The monoisotopic (exact) mass is 426 g/mol. The summed E-state index contributed by atoms with van der Waals surface area (Å²) < 4.78 is 42.9. The van der Waals surface area contributed by atoms with Gasteiger partial charge in [0, 0.05) is 6.07 Å². The fourth-order valence-electron chi connectivity index (χ4n) is 3.30. The van der Waals surface area contributed by atoms with Crippen LogP contribution in [0.4, 0.5) is 8.78 Å². The minimum atomic E-state index is -0.814. The van der Waals surface area contributed by atoms with Crippen molar-refractivity contribution in [1.82, 2.24) is 0 Å². The Morgan fingerprint density at radius 3 is 2.71 bits per heavy atom. The molecule has 2 N–H and O–H groups in total. The average molecular weight is 426 g/mol. The van der Waals surface area contributed by atoms with Gasteiger partial charge in [-0.1, -0.05) is 24.3 Å². The molecule has 0 aromatic heterocycles. The molecule has 0 saturated carbocycles. The highest BCUT2D eigenvalue weighted by molar-refractivity contribution is 5.92. The van der Waals surface area contributed by atoms with Crippen LogP contribution in [0.1, 0.15) is 30.9 Å². The second-order valence-corrected chi connectivity index (χ2v) is 6.72. The SMILES string of the molecule is CCOC(=O)C1=C(C)OC(N)=C(C#N)C1c1cccc(COc2ccc(F)cc2F)c1. The number of carbonyl (C=O) groups is 1. The number of allylic oxidation sites excluding steroid dienone is 2. The first kappa shape index (κ1) is 21.8. The standard InChI is InChI=1S/C23H20F2N2O4/c1-3-29-23(28)20-13(2)31-22(27)17(11-26)21(20)15-6-4-5-14(9-15)12-30-19-8-7-16(24)10-18(19)25/h4-10,21H,3,12,27H2,1-2H3. The molecule has 0 aliphatic carbocycles. The molecule has 0 fully saturated rings. The van der Waals surface area contributed by atoms with Crippen molar-refractivity contribution >= 4 is 5.97 Å². The van der Waals surface area contributed by atoms with Crippen LogP contribution in [0.25, 0.3) is 0 Å². The first-order valence-corrected chi connectivity index (χ1v) is 9.47. The summed E-state index contributed by atoms with van der Waals surface area (Å²) in [7, 11) is 0. The van der Waals surface area contributed by atoms with Gasteiger partial charge in [0.1, 0.15) is 29.8 Å². The van der Waals surface area contributed by atoms with Gasteiger partial charge < -0.3 is 19.9 Å². The molecule has 0 saturated heterocycles. The zero-order chi connectivity index (χ0) is 22.5. The van der Waals surface area contributed by atoms with Crippen molar-refractivity contribution in [3.05, 3.63) is 88.0 Å². The number of nitriles is 1. The van der Waals surface area contributed by atoms with Crippen molar-refractivity contribution in [2.75, 3.05) is 6.61 Å². The van der Waals surface area contributed by atoms with E-state index in [2.05, 4.69) is 0 Å². The molecule has 1 aliphatic heterocycles. The summed E-state index contributed by atoms with van der Waals surface area (Å²) in [5.41, 5.74) is 7.39. The molecule has 2 aromatic carbocycles. The van der Waals surface area contributed by atoms with Crippen LogP contribution in [0.5, 0.6) is 5.75 Å². The lowest BCUT2D eigenvalue weighted by molar-refractivity contribution is -0.139. The minimum Gasteiger partial charge on any atom is -0.486 e. The van der Waals surface area contributed by atoms with Crippen LogP contribution < -0.4 is 10.5 Å². The van der Waals surface area contributed by atoms with Gasteiger partial charge in [0.2, 0.25) is 5.88 Å². The first-order chi connectivity index (χ1) is 14.8. The summed E-state index contributed by atoms with van der Waals surface area (Å²) in [5, 5.41) is 9.64. The maximum Gasteiger partial charge on any atom is 0.338 e. The molecule has 3 rings (SSSR count). The molecule has 160 valence electrons. The highest BCUT2D eigenvalue weighted by Gasteiger charge is 2.36. The van der Waals surface area contributed by atoms with E-state index in [0.29, 0.717) is 11.1 Å². The van der Waals surface area contributed by atoms with Crippen LogP contribution in [-0.2, 0) is 20.9 Å². The number of ether oxygens (including phenoxy) is 3. The van der Waals surface area contributed by atoms with Gasteiger partial charge in [-0.15, -0.1) is 0 Å². The van der Waals surface area contributed by atoms with Gasteiger partial charge in [-0.05, 0) is 37.1 Å². The van der Waals surface area contributed by atoms with Crippen molar-refractivity contribution < 1.29 is 27.8 Å². The molecule has 8 heteroatoms. The second-order valence-electron chi connectivity index (χ2n) is 6.72. The maximum atomic E-state index is 13.8. The summed E-state index contributed by atoms with van der Waals surface area (Å²) in [4.78, 5) is 12.6. The Morgan fingerprint density at radius 1 is 1.26 bits per heavy atom. The van der Waals surface area contributed by atoms with E-state index in [1.54, 1.807) is 38.1 Å². The minimum absolute atomic E-state index is 0.0157. The highest BCUT2D eigenvalue weighted by atomic mass is 19.1. The number of hydrogen-bond acceptors (Lipinski definition) is 6. The van der Waals surface area contributed by atoms with Gasteiger partial charge >= 0.3 is 5.97 Å². The third-order valence-electron chi connectivity index (χ3n) is 4.67. The zero-order valence-corrected chi connectivity index (χ0v) is 16.9. The van der Waals surface area contributed by atoms with Crippen LogP contribution in [-0.4, -0.2) is 12.6 Å². The zero-order valence-electron chi connectivity index (χ0n) is 16.9. The van der Waals surface area contributed by atoms with Crippen molar-refractivity contribution in [2.45, 2.75) is 26.4 Å². The third kappa shape index (κ3) is 4.67. The Kier molecular flexibility index (Phi) is 6.55. The molecule has 6 nitrogen and oxygen atoms in total. The van der Waals surface area contributed by atoms with E-state index in [1.807, 2.05) is 6.07 Å². The fourth-order valence-corrected chi connectivity index (χ4v) is 3.30. The van der Waals surface area contributed by atoms with Gasteiger partial charge in [0.15, 0.2) is 11.6 Å². The number of nitrogens with two attached hydrogens (primary N) is 1. The van der Waals surface area contributed by atoms with E-state index in [-0.39, 0.29) is 41.8 Å². The van der Waals surface area contributed by atoms with Crippen LogP contribution in [0.3, 0.4) is 0 Å². The molecule has 1 heterocycles. The molecule has 0 spiro atoms. The molecule has 0 bridgehead atoms. The molecule has 1 aliphatic rings. The predicted octanol–water partition coefficient (Wildman–Crippen LogP) is 4.19. The number of nitrogens with zero attached hydrogens (tertiary/aromatic N) is 1. The Hall–Kier alpha value is -3.86. The number of carbonyl (C=O) groups excluding carboxylic acids is 1. The van der Waals surface area contributed by atoms with Crippen LogP contribution >= 0.6 is 0 Å². The van der Waals surface area contributed by atoms with E-state index < -0.39 is 23.5 Å². The summed E-state index contributed by atoms with van der Waals surface area (Å²) in [5.74, 6) is -2.86. The number of benzene rings is 2. The smallest absolute Gasteiger partial charge is 0.338 e. The highest BCUT2D eigenvalue weighted by Crippen LogP contribution is 2.39. The summed E-state index contributed by atoms with van der Waals surface area (Å²) in [6, 6.07) is 12.0. The summed E-state index contributed by atoms with van der Waals surface area (Å²) in [6.07, 6.45) is 0. The molecule has 0 radical (unpaired) electrons. The van der Waals surface area contributed by atoms with Gasteiger partial charge in [-0.2, -0.15) is 5.26 Å². The number of esters is 1. The fraction of sp³-hybridized carbons (Fsp3) is 0.217.